The summed E-state index contributed by atoms with van der Waals surface area (Å²) in [5.74, 6) is -0.629. The largest absolute Gasteiger partial charge is 0.460 e. The monoisotopic (exact) mass is 314 g/mol. The van der Waals surface area contributed by atoms with Gasteiger partial charge in [-0.15, -0.1) is 0 Å². The number of pyridine rings is 1. The fraction of sp³-hybridized carbons (Fsp3) is 0.118. The van der Waals surface area contributed by atoms with Crippen LogP contribution in [0.15, 0.2) is 36.7 Å². The van der Waals surface area contributed by atoms with Crippen LogP contribution in [0.1, 0.15) is 16.8 Å². The van der Waals surface area contributed by atoms with Gasteiger partial charge in [-0.2, -0.15) is 0 Å². The maximum absolute atomic E-state index is 14.0. The summed E-state index contributed by atoms with van der Waals surface area (Å²) in [6.45, 7) is 1.78. The van der Waals surface area contributed by atoms with E-state index in [0.29, 0.717) is 16.8 Å². The lowest BCUT2D eigenvalue weighted by atomic mass is 10.0. The first kappa shape index (κ1) is 13.9. The number of rotatable bonds is 1. The molecule has 0 bridgehead atoms. The van der Waals surface area contributed by atoms with Crippen LogP contribution in [0.25, 0.3) is 17.3 Å². The fourth-order valence-corrected chi connectivity index (χ4v) is 2.68. The van der Waals surface area contributed by atoms with Crippen LogP contribution in [-0.4, -0.2) is 20.8 Å². The van der Waals surface area contributed by atoms with E-state index in [4.69, 9.17) is 4.74 Å². The second-order valence-electron chi connectivity index (χ2n) is 5.47. The first-order chi connectivity index (χ1) is 11.0. The van der Waals surface area contributed by atoms with Crippen molar-refractivity contribution < 1.29 is 18.6 Å². The lowest BCUT2D eigenvalue weighted by molar-refractivity contribution is 0.0315. The van der Waals surface area contributed by atoms with Gasteiger partial charge < -0.3 is 14.2 Å². The number of nitrogens with zero attached hydrogens (tertiary/aromatic N) is 2. The number of aryl methyl sites for hydroxylation is 1. The normalized spacial score (nSPS) is 16.9. The third-order valence-corrected chi connectivity index (χ3v) is 3.73. The van der Waals surface area contributed by atoms with E-state index in [0.717, 1.165) is 5.56 Å². The zero-order valence-corrected chi connectivity index (χ0v) is 12.1. The molecule has 1 atom stereocenters. The van der Waals surface area contributed by atoms with E-state index in [9.17, 15) is 13.9 Å². The number of aromatic nitrogens is 2. The fourth-order valence-electron chi connectivity index (χ4n) is 2.68. The molecule has 4 nitrogen and oxygen atoms in total. The molecule has 1 N–H and O–H groups in total. The summed E-state index contributed by atoms with van der Waals surface area (Å²) >= 11 is 0. The van der Waals surface area contributed by atoms with Crippen LogP contribution < -0.4 is 4.74 Å². The minimum Gasteiger partial charge on any atom is -0.460 e. The van der Waals surface area contributed by atoms with Gasteiger partial charge in [-0.3, -0.25) is 0 Å². The molecule has 0 radical (unpaired) electrons. The quantitative estimate of drug-likeness (QED) is 0.750. The first-order valence-corrected chi connectivity index (χ1v) is 7.02. The molecule has 3 heterocycles. The van der Waals surface area contributed by atoms with E-state index < -0.39 is 17.9 Å². The number of halogens is 2. The van der Waals surface area contributed by atoms with Crippen molar-refractivity contribution in [3.8, 4) is 5.75 Å². The molecule has 0 amide bonds. The van der Waals surface area contributed by atoms with Gasteiger partial charge in [-0.1, -0.05) is 0 Å². The standard InChI is InChI=1S/C17H12F2N2O2/c1-9-4-13(19)16-20-14(8-21(16)7-9)12-5-10-2-3-11(18)6-15(10)23-17(12)22/h2-8,17,22H,1H3. The van der Waals surface area contributed by atoms with Crippen molar-refractivity contribution in [1.82, 2.24) is 9.38 Å². The van der Waals surface area contributed by atoms with Gasteiger partial charge in [0.25, 0.3) is 0 Å². The first-order valence-electron chi connectivity index (χ1n) is 7.02. The van der Waals surface area contributed by atoms with Crippen LogP contribution in [0.2, 0.25) is 0 Å². The Morgan fingerprint density at radius 3 is 2.87 bits per heavy atom. The van der Waals surface area contributed by atoms with Crippen molar-refractivity contribution in [1.29, 1.82) is 0 Å². The van der Waals surface area contributed by atoms with E-state index >= 15 is 0 Å². The molecule has 116 valence electrons. The highest BCUT2D eigenvalue weighted by atomic mass is 19.1. The minimum atomic E-state index is -1.29. The second kappa shape index (κ2) is 4.89. The molecular weight excluding hydrogens is 302 g/mol. The van der Waals surface area contributed by atoms with Crippen molar-refractivity contribution in [3.63, 3.8) is 0 Å². The summed E-state index contributed by atoms with van der Waals surface area (Å²) in [6, 6.07) is 5.46. The maximum atomic E-state index is 14.0. The Morgan fingerprint density at radius 1 is 1.22 bits per heavy atom. The lowest BCUT2D eigenvalue weighted by Gasteiger charge is -2.22. The van der Waals surface area contributed by atoms with E-state index in [1.807, 2.05) is 0 Å². The average Bonchev–Trinajstić information content (AvgIpc) is 2.90. The zero-order chi connectivity index (χ0) is 16.1. The number of hydrogen-bond donors (Lipinski definition) is 1. The molecule has 1 aliphatic rings. The molecule has 0 aliphatic carbocycles. The number of imidazole rings is 1. The third kappa shape index (κ3) is 2.27. The Bertz CT molecular complexity index is 963. The number of ether oxygens (including phenoxy) is 1. The molecule has 2 aromatic heterocycles. The molecule has 1 aliphatic heterocycles. The van der Waals surface area contributed by atoms with Crippen molar-refractivity contribution in [2.24, 2.45) is 0 Å². The number of hydrogen-bond acceptors (Lipinski definition) is 3. The van der Waals surface area contributed by atoms with Crippen molar-refractivity contribution in [3.05, 3.63) is 65.1 Å². The molecule has 3 aromatic rings. The predicted octanol–water partition coefficient (Wildman–Crippen LogP) is 3.17. The van der Waals surface area contributed by atoms with Gasteiger partial charge in [-0.25, -0.2) is 13.8 Å². The average molecular weight is 314 g/mol. The van der Waals surface area contributed by atoms with Gasteiger partial charge in [0.15, 0.2) is 11.5 Å². The summed E-state index contributed by atoms with van der Waals surface area (Å²) < 4.78 is 34.1. The van der Waals surface area contributed by atoms with Crippen LogP contribution in [0.4, 0.5) is 8.78 Å². The second-order valence-corrected chi connectivity index (χ2v) is 5.47. The van der Waals surface area contributed by atoms with Gasteiger partial charge in [0.2, 0.25) is 6.29 Å². The van der Waals surface area contributed by atoms with Crippen LogP contribution in [0.3, 0.4) is 0 Å². The van der Waals surface area contributed by atoms with Gasteiger partial charge in [0.1, 0.15) is 11.6 Å². The molecule has 4 rings (SSSR count). The predicted molar refractivity (Wildman–Crippen MR) is 80.8 cm³/mol. The molecule has 0 saturated carbocycles. The van der Waals surface area contributed by atoms with Gasteiger partial charge in [-0.05, 0) is 36.8 Å². The highest BCUT2D eigenvalue weighted by Crippen LogP contribution is 2.33. The third-order valence-electron chi connectivity index (χ3n) is 3.73. The maximum Gasteiger partial charge on any atom is 0.226 e. The molecule has 6 heteroatoms. The lowest BCUT2D eigenvalue weighted by Crippen LogP contribution is -2.21. The van der Waals surface area contributed by atoms with E-state index in [2.05, 4.69) is 4.98 Å². The molecule has 1 aromatic carbocycles. The summed E-state index contributed by atoms with van der Waals surface area (Å²) in [5.41, 5.74) is 2.35. The molecule has 1 unspecified atom stereocenters. The smallest absolute Gasteiger partial charge is 0.226 e. The van der Waals surface area contributed by atoms with Gasteiger partial charge in [0.05, 0.1) is 5.69 Å². The van der Waals surface area contributed by atoms with E-state index in [-0.39, 0.29) is 11.4 Å². The Labute approximate surface area is 130 Å². The Hall–Kier alpha value is -2.73. The SMILES string of the molecule is Cc1cc(F)c2nc(C3=Cc4ccc(F)cc4OC3O)cn2c1. The molecule has 23 heavy (non-hydrogen) atoms. The van der Waals surface area contributed by atoms with Crippen molar-refractivity contribution in [2.75, 3.05) is 0 Å². The molecule has 0 spiro atoms. The van der Waals surface area contributed by atoms with E-state index in [1.54, 1.807) is 35.9 Å². The van der Waals surface area contributed by atoms with Gasteiger partial charge >= 0.3 is 0 Å². The summed E-state index contributed by atoms with van der Waals surface area (Å²) in [6.07, 6.45) is 3.74. The summed E-state index contributed by atoms with van der Waals surface area (Å²) in [5, 5.41) is 10.2. The zero-order valence-electron chi connectivity index (χ0n) is 12.1. The van der Waals surface area contributed by atoms with Crippen molar-refractivity contribution in [2.45, 2.75) is 13.2 Å². The van der Waals surface area contributed by atoms with Crippen LogP contribution in [0.5, 0.6) is 5.75 Å². The van der Waals surface area contributed by atoms with E-state index in [1.165, 1.54) is 18.2 Å². The van der Waals surface area contributed by atoms with Crippen LogP contribution in [0, 0.1) is 18.6 Å². The Morgan fingerprint density at radius 2 is 2.04 bits per heavy atom. The number of aliphatic hydroxyl groups excluding tert-OH is 1. The molecule has 0 fully saturated rings. The topological polar surface area (TPSA) is 46.8 Å². The number of aliphatic hydroxyl groups is 1. The highest BCUT2D eigenvalue weighted by Gasteiger charge is 2.24. The number of benzene rings is 1. The van der Waals surface area contributed by atoms with Gasteiger partial charge in [0, 0.05) is 29.6 Å². The Kier molecular flexibility index (Phi) is 2.96. The minimum absolute atomic E-state index is 0.170. The van der Waals surface area contributed by atoms with Crippen LogP contribution in [-0.2, 0) is 0 Å². The summed E-state index contributed by atoms with van der Waals surface area (Å²) in [4.78, 5) is 4.22. The summed E-state index contributed by atoms with van der Waals surface area (Å²) in [7, 11) is 0. The Balaban J connectivity index is 1.86. The highest BCUT2D eigenvalue weighted by molar-refractivity contribution is 5.85. The molecular formula is C17H12F2N2O2. The van der Waals surface area contributed by atoms with Crippen LogP contribution >= 0.6 is 0 Å². The molecule has 0 saturated heterocycles. The van der Waals surface area contributed by atoms with Crippen molar-refractivity contribution >= 4 is 17.3 Å². The number of fused-ring (bicyclic) bond motifs is 2.